The number of hydrogen-bond donors (Lipinski definition) is 2. The van der Waals surface area contributed by atoms with Gasteiger partial charge in [-0.1, -0.05) is 17.7 Å². The molecule has 132 valence electrons. The molecule has 6 nitrogen and oxygen atoms in total. The summed E-state index contributed by atoms with van der Waals surface area (Å²) >= 11 is 5.85. The molecule has 0 spiro atoms. The predicted octanol–water partition coefficient (Wildman–Crippen LogP) is 3.03. The summed E-state index contributed by atoms with van der Waals surface area (Å²) in [4.78, 5) is 24.1. The van der Waals surface area contributed by atoms with E-state index in [1.165, 1.54) is 13.2 Å². The van der Waals surface area contributed by atoms with Gasteiger partial charge in [-0.25, -0.2) is 0 Å². The van der Waals surface area contributed by atoms with Gasteiger partial charge in [-0.15, -0.1) is 0 Å². The van der Waals surface area contributed by atoms with E-state index in [4.69, 9.17) is 21.1 Å². The van der Waals surface area contributed by atoms with Crippen LogP contribution < -0.4 is 20.1 Å². The second kappa shape index (κ2) is 8.39. The average Bonchev–Trinajstić information content (AvgIpc) is 2.60. The minimum atomic E-state index is -0.373. The lowest BCUT2D eigenvalue weighted by Crippen LogP contribution is -2.33. The largest absolute Gasteiger partial charge is 0.493 e. The summed E-state index contributed by atoms with van der Waals surface area (Å²) in [5.74, 6) is 0.353. The van der Waals surface area contributed by atoms with Crippen LogP contribution in [0, 0.1) is 6.92 Å². The monoisotopic (exact) mass is 362 g/mol. The molecule has 2 amide bonds. The summed E-state index contributed by atoms with van der Waals surface area (Å²) in [5, 5.41) is 5.75. The van der Waals surface area contributed by atoms with Gasteiger partial charge in [0.1, 0.15) is 0 Å². The highest BCUT2D eigenvalue weighted by Crippen LogP contribution is 2.32. The summed E-state index contributed by atoms with van der Waals surface area (Å²) in [6, 6.07) is 9.93. The predicted molar refractivity (Wildman–Crippen MR) is 96.7 cm³/mol. The van der Waals surface area contributed by atoms with Gasteiger partial charge in [-0.05, 0) is 36.8 Å². The van der Waals surface area contributed by atoms with E-state index >= 15 is 0 Å². The molecule has 0 aliphatic heterocycles. The molecule has 2 aromatic rings. The van der Waals surface area contributed by atoms with Crippen LogP contribution in [0.15, 0.2) is 36.4 Å². The second-order valence-corrected chi connectivity index (χ2v) is 5.70. The molecule has 0 unspecified atom stereocenters. The van der Waals surface area contributed by atoms with E-state index < -0.39 is 0 Å². The van der Waals surface area contributed by atoms with E-state index in [0.29, 0.717) is 27.8 Å². The number of rotatable bonds is 6. The molecular formula is C18H19ClN2O4. The number of benzene rings is 2. The number of nitrogens with one attached hydrogen (secondary N) is 2. The second-order valence-electron chi connectivity index (χ2n) is 5.26. The van der Waals surface area contributed by atoms with E-state index in [1.807, 2.05) is 6.92 Å². The van der Waals surface area contributed by atoms with Crippen LogP contribution in [-0.4, -0.2) is 32.6 Å². The Morgan fingerprint density at radius 2 is 1.76 bits per heavy atom. The fourth-order valence-corrected chi connectivity index (χ4v) is 2.39. The van der Waals surface area contributed by atoms with E-state index in [9.17, 15) is 9.59 Å². The minimum absolute atomic E-state index is 0.168. The summed E-state index contributed by atoms with van der Waals surface area (Å²) in [6.45, 7) is 1.67. The summed E-state index contributed by atoms with van der Waals surface area (Å²) in [7, 11) is 3.06. The molecule has 0 aromatic heterocycles. The Kier molecular flexibility index (Phi) is 6.25. The van der Waals surface area contributed by atoms with Gasteiger partial charge in [0, 0.05) is 22.3 Å². The molecule has 0 aliphatic rings. The van der Waals surface area contributed by atoms with Crippen molar-refractivity contribution in [2.45, 2.75) is 6.92 Å². The Morgan fingerprint density at radius 3 is 2.40 bits per heavy atom. The van der Waals surface area contributed by atoms with Gasteiger partial charge in [-0.2, -0.15) is 0 Å². The molecule has 0 aliphatic carbocycles. The van der Waals surface area contributed by atoms with E-state index in [-0.39, 0.29) is 18.4 Å². The maximum absolute atomic E-state index is 12.1. The van der Waals surface area contributed by atoms with Crippen molar-refractivity contribution in [1.29, 1.82) is 0 Å². The maximum atomic E-state index is 12.1. The number of amides is 2. The number of aryl methyl sites for hydroxylation is 1. The van der Waals surface area contributed by atoms with E-state index in [2.05, 4.69) is 10.6 Å². The first-order valence-corrected chi connectivity index (χ1v) is 7.88. The standard InChI is InChI=1S/C18H19ClN2O4/c1-11-7-15(24-2)16(25-3)9-14(11)21-17(22)10-20-18(23)12-5-4-6-13(19)8-12/h4-9H,10H2,1-3H3,(H,20,23)(H,21,22). The summed E-state index contributed by atoms with van der Waals surface area (Å²) < 4.78 is 10.4. The molecule has 0 saturated heterocycles. The van der Waals surface area contributed by atoms with Crippen molar-refractivity contribution in [2.75, 3.05) is 26.1 Å². The molecule has 0 radical (unpaired) electrons. The fraction of sp³-hybridized carbons (Fsp3) is 0.222. The van der Waals surface area contributed by atoms with Crippen LogP contribution in [0.5, 0.6) is 11.5 Å². The normalized spacial score (nSPS) is 10.1. The number of halogens is 1. The number of hydrogen-bond acceptors (Lipinski definition) is 4. The lowest BCUT2D eigenvalue weighted by Gasteiger charge is -2.14. The zero-order chi connectivity index (χ0) is 18.4. The van der Waals surface area contributed by atoms with Gasteiger partial charge in [-0.3, -0.25) is 9.59 Å². The first kappa shape index (κ1) is 18.6. The number of carbonyl (C=O) groups is 2. The highest BCUT2D eigenvalue weighted by molar-refractivity contribution is 6.31. The van der Waals surface area contributed by atoms with Crippen molar-refractivity contribution >= 4 is 29.1 Å². The Hall–Kier alpha value is -2.73. The van der Waals surface area contributed by atoms with Gasteiger partial charge in [0.25, 0.3) is 5.91 Å². The average molecular weight is 363 g/mol. The molecule has 7 heteroatoms. The Morgan fingerprint density at radius 1 is 1.08 bits per heavy atom. The number of anilines is 1. The number of carbonyl (C=O) groups excluding carboxylic acids is 2. The van der Waals surface area contributed by atoms with Gasteiger partial charge in [0.2, 0.25) is 5.91 Å². The molecule has 0 atom stereocenters. The fourth-order valence-electron chi connectivity index (χ4n) is 2.20. The molecule has 2 N–H and O–H groups in total. The van der Waals surface area contributed by atoms with Crippen LogP contribution in [-0.2, 0) is 4.79 Å². The Labute approximate surface area is 151 Å². The van der Waals surface area contributed by atoms with Crippen molar-refractivity contribution in [2.24, 2.45) is 0 Å². The van der Waals surface area contributed by atoms with E-state index in [1.54, 1.807) is 37.4 Å². The van der Waals surface area contributed by atoms with Crippen LogP contribution in [0.2, 0.25) is 5.02 Å². The molecular weight excluding hydrogens is 344 g/mol. The number of ether oxygens (including phenoxy) is 2. The Bertz CT molecular complexity index is 793. The van der Waals surface area contributed by atoms with Crippen LogP contribution in [0.4, 0.5) is 5.69 Å². The number of methoxy groups -OCH3 is 2. The molecule has 2 aromatic carbocycles. The molecule has 0 saturated carbocycles. The third kappa shape index (κ3) is 4.87. The molecule has 0 heterocycles. The molecule has 25 heavy (non-hydrogen) atoms. The third-order valence-corrected chi connectivity index (χ3v) is 3.74. The van der Waals surface area contributed by atoms with Crippen molar-refractivity contribution in [1.82, 2.24) is 5.32 Å². The van der Waals surface area contributed by atoms with Crippen LogP contribution in [0.1, 0.15) is 15.9 Å². The topological polar surface area (TPSA) is 76.7 Å². The molecule has 2 rings (SSSR count). The Balaban J connectivity index is 1.99. The van der Waals surface area contributed by atoms with Crippen LogP contribution in [0.3, 0.4) is 0 Å². The minimum Gasteiger partial charge on any atom is -0.493 e. The first-order valence-electron chi connectivity index (χ1n) is 7.51. The van der Waals surface area contributed by atoms with Crippen molar-refractivity contribution < 1.29 is 19.1 Å². The van der Waals surface area contributed by atoms with Gasteiger partial charge in [0.15, 0.2) is 11.5 Å². The van der Waals surface area contributed by atoms with Gasteiger partial charge >= 0.3 is 0 Å². The van der Waals surface area contributed by atoms with E-state index in [0.717, 1.165) is 5.56 Å². The highest BCUT2D eigenvalue weighted by atomic mass is 35.5. The maximum Gasteiger partial charge on any atom is 0.251 e. The lowest BCUT2D eigenvalue weighted by atomic mass is 10.1. The van der Waals surface area contributed by atoms with Crippen LogP contribution >= 0.6 is 11.6 Å². The molecule has 0 fully saturated rings. The smallest absolute Gasteiger partial charge is 0.251 e. The third-order valence-electron chi connectivity index (χ3n) is 3.50. The van der Waals surface area contributed by atoms with Gasteiger partial charge < -0.3 is 20.1 Å². The highest BCUT2D eigenvalue weighted by Gasteiger charge is 2.12. The summed E-state index contributed by atoms with van der Waals surface area (Å²) in [5.41, 5.74) is 1.79. The van der Waals surface area contributed by atoms with Crippen molar-refractivity contribution in [3.63, 3.8) is 0 Å². The van der Waals surface area contributed by atoms with Crippen molar-refractivity contribution in [3.8, 4) is 11.5 Å². The zero-order valence-electron chi connectivity index (χ0n) is 14.2. The van der Waals surface area contributed by atoms with Crippen molar-refractivity contribution in [3.05, 3.63) is 52.5 Å². The van der Waals surface area contributed by atoms with Crippen LogP contribution in [0.25, 0.3) is 0 Å². The zero-order valence-corrected chi connectivity index (χ0v) is 14.9. The quantitative estimate of drug-likeness (QED) is 0.828. The molecule has 0 bridgehead atoms. The lowest BCUT2D eigenvalue weighted by molar-refractivity contribution is -0.115. The SMILES string of the molecule is COc1cc(C)c(NC(=O)CNC(=O)c2cccc(Cl)c2)cc1OC. The first-order chi connectivity index (χ1) is 11.9. The van der Waals surface area contributed by atoms with Gasteiger partial charge in [0.05, 0.1) is 20.8 Å². The summed E-state index contributed by atoms with van der Waals surface area (Å²) in [6.07, 6.45) is 0.